The van der Waals surface area contributed by atoms with Crippen LogP contribution in [0.1, 0.15) is 20.8 Å². The first-order valence-electron chi connectivity index (χ1n) is 8.16. The highest BCUT2D eigenvalue weighted by Crippen LogP contribution is 2.39. The number of alkyl halides is 3. The summed E-state index contributed by atoms with van der Waals surface area (Å²) in [6, 6.07) is 0. The third-order valence-corrected chi connectivity index (χ3v) is 10.1. The zero-order valence-corrected chi connectivity index (χ0v) is 18.4. The molecule has 1 atom stereocenters. The van der Waals surface area contributed by atoms with Crippen molar-refractivity contribution in [2.24, 2.45) is 7.05 Å². The Morgan fingerprint density at radius 2 is 1.81 bits per heavy atom. The molecule has 12 heteroatoms. The van der Waals surface area contributed by atoms with E-state index in [1.54, 1.807) is 13.1 Å². The summed E-state index contributed by atoms with van der Waals surface area (Å²) in [5.41, 5.74) is -1.83. The number of hydrogen-bond acceptors (Lipinski definition) is 4. The predicted molar refractivity (Wildman–Crippen MR) is 101 cm³/mol. The fourth-order valence-electron chi connectivity index (χ4n) is 2.29. The highest BCUT2D eigenvalue weighted by molar-refractivity contribution is 9.10. The molecule has 152 valence electrons. The Hall–Kier alpha value is -1.40. The maximum Gasteiger partial charge on any atom is 0.415 e. The highest BCUT2D eigenvalue weighted by Gasteiger charge is 2.48. The number of halogens is 4. The van der Waals surface area contributed by atoms with Gasteiger partial charge < -0.3 is 8.99 Å². The van der Waals surface area contributed by atoms with Crippen molar-refractivity contribution in [1.29, 1.82) is 0 Å². The van der Waals surface area contributed by atoms with Crippen molar-refractivity contribution in [3.63, 3.8) is 0 Å². The molecule has 0 bridgehead atoms. The Bertz CT molecular complexity index is 972. The maximum absolute atomic E-state index is 13.7. The average Bonchev–Trinajstić information content (AvgIpc) is 2.75. The van der Waals surface area contributed by atoms with Gasteiger partial charge in [-0.25, -0.2) is 9.78 Å². The summed E-state index contributed by atoms with van der Waals surface area (Å²) in [4.78, 5) is 30.3. The van der Waals surface area contributed by atoms with E-state index < -0.39 is 43.4 Å². The summed E-state index contributed by atoms with van der Waals surface area (Å²) in [6.45, 7) is 8.08. The first-order valence-corrected chi connectivity index (χ1v) is 11.9. The Balaban J connectivity index is 2.59. The van der Waals surface area contributed by atoms with Gasteiger partial charge in [0, 0.05) is 7.05 Å². The molecular weight excluding hydrogens is 449 g/mol. The van der Waals surface area contributed by atoms with Crippen molar-refractivity contribution >= 4 is 35.4 Å². The predicted octanol–water partition coefficient (Wildman–Crippen LogP) is 3.14. The molecule has 0 amide bonds. The van der Waals surface area contributed by atoms with Gasteiger partial charge in [0.2, 0.25) is 0 Å². The van der Waals surface area contributed by atoms with Gasteiger partial charge in [-0.2, -0.15) is 13.2 Å². The first kappa shape index (κ1) is 21.9. The lowest BCUT2D eigenvalue weighted by Gasteiger charge is -2.39. The smallest absolute Gasteiger partial charge is 0.404 e. The summed E-state index contributed by atoms with van der Waals surface area (Å²) >= 11 is 3.12. The Labute approximate surface area is 162 Å². The van der Waals surface area contributed by atoms with Crippen LogP contribution in [0.15, 0.2) is 14.3 Å². The minimum atomic E-state index is -4.69. The van der Waals surface area contributed by atoms with Gasteiger partial charge in [0.25, 0.3) is 5.56 Å². The normalized spacial score (nSPS) is 14.7. The van der Waals surface area contributed by atoms with Crippen molar-refractivity contribution in [3.8, 4) is 0 Å². The van der Waals surface area contributed by atoms with Crippen molar-refractivity contribution in [1.82, 2.24) is 19.1 Å². The van der Waals surface area contributed by atoms with Crippen LogP contribution in [0.2, 0.25) is 18.1 Å². The van der Waals surface area contributed by atoms with Crippen molar-refractivity contribution in [2.45, 2.75) is 57.7 Å². The Morgan fingerprint density at radius 3 is 2.30 bits per heavy atom. The molecule has 0 saturated heterocycles. The standard InChI is InChI=1S/C15H22BrF3N4O3Si/c1-14(2,3)27(5,6)26-8(15(17,18)19)7-23-10-9(11(24)21-13(23)25)22(4)12(16)20-10/h8H,7H2,1-6H3,(H,21,24,25). The molecule has 0 radical (unpaired) electrons. The van der Waals surface area contributed by atoms with Gasteiger partial charge in [-0.1, -0.05) is 20.8 Å². The maximum atomic E-state index is 13.7. The van der Waals surface area contributed by atoms with E-state index >= 15 is 0 Å². The molecule has 1 unspecified atom stereocenters. The molecule has 0 aliphatic rings. The molecule has 0 fully saturated rings. The highest BCUT2D eigenvalue weighted by atomic mass is 79.9. The minimum absolute atomic E-state index is 0.00488. The molecule has 0 aromatic carbocycles. The lowest BCUT2D eigenvalue weighted by atomic mass is 10.2. The van der Waals surface area contributed by atoms with Crippen LogP contribution in [0.4, 0.5) is 13.2 Å². The number of nitrogens with one attached hydrogen (secondary N) is 1. The van der Waals surface area contributed by atoms with Crippen LogP contribution in [-0.2, 0) is 18.0 Å². The number of imidazole rings is 1. The fraction of sp³-hybridized carbons (Fsp3) is 0.667. The number of aromatic nitrogens is 4. The van der Waals surface area contributed by atoms with Gasteiger partial charge >= 0.3 is 11.9 Å². The van der Waals surface area contributed by atoms with Crippen LogP contribution in [0, 0.1) is 0 Å². The monoisotopic (exact) mass is 470 g/mol. The van der Waals surface area contributed by atoms with Gasteiger partial charge in [-0.05, 0) is 34.1 Å². The Morgan fingerprint density at radius 1 is 1.26 bits per heavy atom. The summed E-state index contributed by atoms with van der Waals surface area (Å²) in [7, 11) is -1.26. The molecule has 0 spiro atoms. The van der Waals surface area contributed by atoms with Gasteiger partial charge in [0.1, 0.15) is 0 Å². The molecule has 2 aromatic rings. The SMILES string of the molecule is Cn1c(Br)nc2c1c(=O)[nH]c(=O)n2CC(O[Si](C)(C)C(C)(C)C)C(F)(F)F. The second kappa shape index (κ2) is 6.89. The van der Waals surface area contributed by atoms with Crippen LogP contribution in [0.3, 0.4) is 0 Å². The second-order valence-electron chi connectivity index (χ2n) is 7.89. The lowest BCUT2D eigenvalue weighted by Crippen LogP contribution is -2.50. The number of aromatic amines is 1. The number of hydrogen-bond donors (Lipinski definition) is 1. The Kier molecular flexibility index (Phi) is 5.58. The van der Waals surface area contributed by atoms with E-state index in [1.165, 1.54) is 11.6 Å². The molecule has 0 aliphatic carbocycles. The van der Waals surface area contributed by atoms with Gasteiger partial charge in [0.15, 0.2) is 30.3 Å². The molecule has 7 nitrogen and oxygen atoms in total. The zero-order chi connectivity index (χ0) is 20.9. The van der Waals surface area contributed by atoms with E-state index in [2.05, 4.69) is 20.9 Å². The van der Waals surface area contributed by atoms with Crippen LogP contribution < -0.4 is 11.2 Å². The lowest BCUT2D eigenvalue weighted by molar-refractivity contribution is -0.202. The molecule has 2 aromatic heterocycles. The molecular formula is C15H22BrF3N4O3Si. The fourth-order valence-corrected chi connectivity index (χ4v) is 3.91. The second-order valence-corrected chi connectivity index (χ2v) is 13.4. The van der Waals surface area contributed by atoms with E-state index in [0.29, 0.717) is 0 Å². The molecule has 2 heterocycles. The topological polar surface area (TPSA) is 81.9 Å². The number of rotatable bonds is 4. The molecule has 2 rings (SSSR count). The largest absolute Gasteiger partial charge is 0.415 e. The molecule has 1 N–H and O–H groups in total. The molecule has 0 saturated carbocycles. The van der Waals surface area contributed by atoms with E-state index in [-0.39, 0.29) is 15.9 Å². The number of nitrogens with zero attached hydrogens (tertiary/aromatic N) is 3. The molecule has 27 heavy (non-hydrogen) atoms. The van der Waals surface area contributed by atoms with Crippen LogP contribution in [-0.4, -0.2) is 39.7 Å². The van der Waals surface area contributed by atoms with Gasteiger partial charge in [-0.3, -0.25) is 14.3 Å². The van der Waals surface area contributed by atoms with Crippen molar-refractivity contribution in [3.05, 3.63) is 25.6 Å². The van der Waals surface area contributed by atoms with Crippen molar-refractivity contribution in [2.75, 3.05) is 0 Å². The number of fused-ring (bicyclic) bond motifs is 1. The summed E-state index contributed by atoms with van der Waals surface area (Å²) < 4.78 is 49.0. The average molecular weight is 471 g/mol. The van der Waals surface area contributed by atoms with Crippen molar-refractivity contribution < 1.29 is 17.6 Å². The van der Waals surface area contributed by atoms with Gasteiger partial charge in [0.05, 0.1) is 6.54 Å². The van der Waals surface area contributed by atoms with E-state index in [0.717, 1.165) is 4.57 Å². The summed E-state index contributed by atoms with van der Waals surface area (Å²) in [6.07, 6.45) is -6.89. The third-order valence-electron chi connectivity index (χ3n) is 4.92. The minimum Gasteiger partial charge on any atom is -0.404 e. The van der Waals surface area contributed by atoms with E-state index in [1.807, 2.05) is 25.8 Å². The quantitative estimate of drug-likeness (QED) is 0.549. The zero-order valence-electron chi connectivity index (χ0n) is 15.9. The summed E-state index contributed by atoms with van der Waals surface area (Å²) in [5.74, 6) is 0. The van der Waals surface area contributed by atoms with E-state index in [4.69, 9.17) is 4.43 Å². The van der Waals surface area contributed by atoms with Gasteiger partial charge in [-0.15, -0.1) is 0 Å². The number of aryl methyl sites for hydroxylation is 1. The van der Waals surface area contributed by atoms with E-state index in [9.17, 15) is 22.8 Å². The first-order chi connectivity index (χ1) is 12.1. The summed E-state index contributed by atoms with van der Waals surface area (Å²) in [5, 5.41) is -0.449. The third kappa shape index (κ3) is 4.21. The number of H-pyrrole nitrogens is 1. The molecule has 0 aliphatic heterocycles. The van der Waals surface area contributed by atoms with Crippen LogP contribution in [0.5, 0.6) is 0 Å². The van der Waals surface area contributed by atoms with Crippen LogP contribution >= 0.6 is 15.9 Å². The van der Waals surface area contributed by atoms with Crippen LogP contribution in [0.25, 0.3) is 11.2 Å².